The highest BCUT2D eigenvalue weighted by Gasteiger charge is 2.19. The quantitative estimate of drug-likeness (QED) is 0.481. The molecule has 15 heavy (non-hydrogen) atoms. The number of aliphatic carboxylic acids is 1. The van der Waals surface area contributed by atoms with Crippen LogP contribution in [0.5, 0.6) is 0 Å². The molecule has 0 radical (unpaired) electrons. The van der Waals surface area contributed by atoms with Gasteiger partial charge in [-0.05, 0) is 12.8 Å². The Balaban J connectivity index is 3.51. The van der Waals surface area contributed by atoms with Crippen LogP contribution in [0.4, 0.5) is 0 Å². The SMILES string of the molecule is CC(C)COCCNC(=O)C(C)C(=O)O. The van der Waals surface area contributed by atoms with Gasteiger partial charge in [-0.1, -0.05) is 13.8 Å². The minimum absolute atomic E-state index is 0.350. The van der Waals surface area contributed by atoms with Crippen LogP contribution < -0.4 is 5.32 Å². The monoisotopic (exact) mass is 217 g/mol. The van der Waals surface area contributed by atoms with Crippen LogP contribution in [0, 0.1) is 11.8 Å². The molecule has 1 atom stereocenters. The predicted octanol–water partition coefficient (Wildman–Crippen LogP) is 0.496. The van der Waals surface area contributed by atoms with E-state index in [4.69, 9.17) is 9.84 Å². The van der Waals surface area contributed by atoms with Crippen molar-refractivity contribution in [3.05, 3.63) is 0 Å². The van der Waals surface area contributed by atoms with Crippen molar-refractivity contribution in [1.82, 2.24) is 5.32 Å². The van der Waals surface area contributed by atoms with Gasteiger partial charge in [0, 0.05) is 13.2 Å². The molecule has 0 aromatic carbocycles. The van der Waals surface area contributed by atoms with E-state index in [9.17, 15) is 9.59 Å². The van der Waals surface area contributed by atoms with Crippen molar-refractivity contribution >= 4 is 11.9 Å². The number of hydrogen-bond donors (Lipinski definition) is 2. The summed E-state index contributed by atoms with van der Waals surface area (Å²) in [5.74, 6) is -2.14. The van der Waals surface area contributed by atoms with E-state index >= 15 is 0 Å². The van der Waals surface area contributed by atoms with E-state index in [0.717, 1.165) is 0 Å². The van der Waals surface area contributed by atoms with Crippen molar-refractivity contribution in [3.63, 3.8) is 0 Å². The zero-order valence-electron chi connectivity index (χ0n) is 9.45. The number of rotatable bonds is 7. The lowest BCUT2D eigenvalue weighted by Gasteiger charge is -2.09. The maximum Gasteiger partial charge on any atom is 0.315 e. The number of carboxylic acids is 1. The van der Waals surface area contributed by atoms with Crippen LogP contribution in [-0.4, -0.2) is 36.7 Å². The molecule has 0 aromatic heterocycles. The molecule has 0 bridgehead atoms. The average Bonchev–Trinajstić information content (AvgIpc) is 2.15. The van der Waals surface area contributed by atoms with Crippen LogP contribution >= 0.6 is 0 Å². The van der Waals surface area contributed by atoms with E-state index < -0.39 is 17.8 Å². The topological polar surface area (TPSA) is 75.6 Å². The Labute approximate surface area is 89.8 Å². The Kier molecular flexibility index (Phi) is 6.70. The maximum absolute atomic E-state index is 11.1. The lowest BCUT2D eigenvalue weighted by Crippen LogP contribution is -2.35. The van der Waals surface area contributed by atoms with Gasteiger partial charge in [-0.2, -0.15) is 0 Å². The molecular formula is C10H19NO4. The van der Waals surface area contributed by atoms with E-state index in [-0.39, 0.29) is 0 Å². The van der Waals surface area contributed by atoms with Crippen LogP contribution in [0.1, 0.15) is 20.8 Å². The van der Waals surface area contributed by atoms with Crippen molar-refractivity contribution in [2.24, 2.45) is 11.8 Å². The highest BCUT2D eigenvalue weighted by atomic mass is 16.5. The number of amides is 1. The zero-order valence-corrected chi connectivity index (χ0v) is 9.45. The van der Waals surface area contributed by atoms with Crippen LogP contribution in [0.2, 0.25) is 0 Å². The molecule has 1 unspecified atom stereocenters. The van der Waals surface area contributed by atoms with Crippen molar-refractivity contribution in [3.8, 4) is 0 Å². The first kappa shape index (κ1) is 13.9. The van der Waals surface area contributed by atoms with Crippen LogP contribution in [0.3, 0.4) is 0 Å². The van der Waals surface area contributed by atoms with Crippen molar-refractivity contribution < 1.29 is 19.4 Å². The van der Waals surface area contributed by atoms with Gasteiger partial charge in [-0.3, -0.25) is 9.59 Å². The van der Waals surface area contributed by atoms with Crippen LogP contribution in [-0.2, 0) is 14.3 Å². The molecule has 0 rings (SSSR count). The van der Waals surface area contributed by atoms with Crippen molar-refractivity contribution in [2.75, 3.05) is 19.8 Å². The van der Waals surface area contributed by atoms with E-state index in [1.807, 2.05) is 13.8 Å². The molecule has 0 spiro atoms. The van der Waals surface area contributed by atoms with Gasteiger partial charge in [0.05, 0.1) is 6.61 Å². The summed E-state index contributed by atoms with van der Waals surface area (Å²) in [6.07, 6.45) is 0. The van der Waals surface area contributed by atoms with E-state index in [1.165, 1.54) is 6.92 Å². The summed E-state index contributed by atoms with van der Waals surface area (Å²) >= 11 is 0. The molecule has 0 saturated carbocycles. The molecule has 0 saturated heterocycles. The molecule has 0 aliphatic carbocycles. The second-order valence-electron chi connectivity index (χ2n) is 3.82. The number of carbonyl (C=O) groups excluding carboxylic acids is 1. The Morgan fingerprint density at radius 2 is 1.93 bits per heavy atom. The fourth-order valence-corrected chi connectivity index (χ4v) is 0.831. The highest BCUT2D eigenvalue weighted by Crippen LogP contribution is 1.94. The molecule has 0 fully saturated rings. The summed E-state index contributed by atoms with van der Waals surface area (Å²) in [7, 11) is 0. The third-order valence-electron chi connectivity index (χ3n) is 1.76. The third-order valence-corrected chi connectivity index (χ3v) is 1.76. The van der Waals surface area contributed by atoms with Gasteiger partial charge in [0.1, 0.15) is 5.92 Å². The van der Waals surface area contributed by atoms with Gasteiger partial charge < -0.3 is 15.2 Å². The summed E-state index contributed by atoms with van der Waals surface area (Å²) in [6, 6.07) is 0. The van der Waals surface area contributed by atoms with Gasteiger partial charge >= 0.3 is 5.97 Å². The lowest BCUT2D eigenvalue weighted by molar-refractivity contribution is -0.146. The molecule has 0 aliphatic heterocycles. The Hall–Kier alpha value is -1.10. The summed E-state index contributed by atoms with van der Waals surface area (Å²) in [6.45, 7) is 6.83. The van der Waals surface area contributed by atoms with Gasteiger partial charge in [0.15, 0.2) is 0 Å². The number of ether oxygens (including phenoxy) is 1. The first-order valence-corrected chi connectivity index (χ1v) is 5.03. The maximum atomic E-state index is 11.1. The van der Waals surface area contributed by atoms with Gasteiger partial charge in [0.25, 0.3) is 0 Å². The first-order chi connectivity index (χ1) is 6.95. The molecule has 1 amide bonds. The Morgan fingerprint density at radius 1 is 1.33 bits per heavy atom. The second kappa shape index (κ2) is 7.23. The Bertz CT molecular complexity index is 215. The summed E-state index contributed by atoms with van der Waals surface area (Å²) in [5, 5.41) is 11.0. The molecule has 88 valence electrons. The van der Waals surface area contributed by atoms with Crippen molar-refractivity contribution in [1.29, 1.82) is 0 Å². The second-order valence-corrected chi connectivity index (χ2v) is 3.82. The van der Waals surface area contributed by atoms with Crippen molar-refractivity contribution in [2.45, 2.75) is 20.8 Å². The summed E-state index contributed by atoms with van der Waals surface area (Å²) in [5.41, 5.74) is 0. The standard InChI is InChI=1S/C10H19NO4/c1-7(2)6-15-5-4-11-9(12)8(3)10(13)14/h7-8H,4-6H2,1-3H3,(H,11,12)(H,13,14). The molecule has 0 heterocycles. The lowest BCUT2D eigenvalue weighted by atomic mass is 10.2. The third kappa shape index (κ3) is 6.90. The molecular weight excluding hydrogens is 198 g/mol. The summed E-state index contributed by atoms with van der Waals surface area (Å²) in [4.78, 5) is 21.6. The number of nitrogens with one attached hydrogen (secondary N) is 1. The first-order valence-electron chi connectivity index (χ1n) is 5.03. The normalized spacial score (nSPS) is 12.5. The molecule has 2 N–H and O–H groups in total. The zero-order chi connectivity index (χ0) is 11.8. The average molecular weight is 217 g/mol. The smallest absolute Gasteiger partial charge is 0.315 e. The Morgan fingerprint density at radius 3 is 2.40 bits per heavy atom. The number of hydrogen-bond acceptors (Lipinski definition) is 3. The molecule has 5 heteroatoms. The van der Waals surface area contributed by atoms with Gasteiger partial charge in [-0.25, -0.2) is 0 Å². The van der Waals surface area contributed by atoms with Gasteiger partial charge in [0.2, 0.25) is 5.91 Å². The predicted molar refractivity (Wildman–Crippen MR) is 55.5 cm³/mol. The highest BCUT2D eigenvalue weighted by molar-refractivity contribution is 5.96. The van der Waals surface area contributed by atoms with Gasteiger partial charge in [-0.15, -0.1) is 0 Å². The van der Waals surface area contributed by atoms with E-state index in [1.54, 1.807) is 0 Å². The molecule has 0 aromatic rings. The summed E-state index contributed by atoms with van der Waals surface area (Å²) < 4.78 is 5.22. The minimum Gasteiger partial charge on any atom is -0.481 e. The van der Waals surface area contributed by atoms with Crippen LogP contribution in [0.25, 0.3) is 0 Å². The van der Waals surface area contributed by atoms with E-state index in [2.05, 4.69) is 5.32 Å². The van der Waals surface area contributed by atoms with Crippen LogP contribution in [0.15, 0.2) is 0 Å². The van der Waals surface area contributed by atoms with E-state index in [0.29, 0.717) is 25.7 Å². The minimum atomic E-state index is -1.12. The number of carboxylic acid groups (broad SMARTS) is 1. The molecule has 5 nitrogen and oxygen atoms in total. The fraction of sp³-hybridized carbons (Fsp3) is 0.800. The number of carbonyl (C=O) groups is 2. The molecule has 0 aliphatic rings. The fourth-order valence-electron chi connectivity index (χ4n) is 0.831. The largest absolute Gasteiger partial charge is 0.481 e.